The first-order valence-corrected chi connectivity index (χ1v) is 14.8. The number of hydrogen-bond acceptors (Lipinski definition) is 2. The molecule has 0 heterocycles. The Kier molecular flexibility index (Phi) is 9.98. The SMILES string of the molecule is CCCCCCCCC1CCC(C2CCC(c3ccc(Cc4cccc(N)c4)cc3N)CC2)CC1. The molecule has 0 radical (unpaired) electrons. The van der Waals surface area contributed by atoms with Gasteiger partial charge in [0.25, 0.3) is 0 Å². The fraction of sp³-hybridized carbons (Fsp3) is 0.636. The maximum Gasteiger partial charge on any atom is 0.0352 e. The van der Waals surface area contributed by atoms with Gasteiger partial charge in [0.15, 0.2) is 0 Å². The molecule has 4 rings (SSSR count). The summed E-state index contributed by atoms with van der Waals surface area (Å²) in [5.74, 6) is 3.64. The second-order valence-corrected chi connectivity index (χ2v) is 11.8. The van der Waals surface area contributed by atoms with Crippen LogP contribution in [0.15, 0.2) is 42.5 Å². The summed E-state index contributed by atoms with van der Waals surface area (Å²) in [4.78, 5) is 0. The van der Waals surface area contributed by atoms with Crippen LogP contribution in [0.2, 0.25) is 0 Å². The zero-order valence-corrected chi connectivity index (χ0v) is 22.3. The predicted octanol–water partition coefficient (Wildman–Crippen LogP) is 9.27. The molecular weight excluding hydrogens is 424 g/mol. The molecule has 35 heavy (non-hydrogen) atoms. The average Bonchev–Trinajstić information content (AvgIpc) is 2.87. The lowest BCUT2D eigenvalue weighted by molar-refractivity contribution is 0.155. The molecule has 2 nitrogen and oxygen atoms in total. The molecule has 0 bridgehead atoms. The zero-order valence-electron chi connectivity index (χ0n) is 22.3. The van der Waals surface area contributed by atoms with E-state index in [0.29, 0.717) is 5.92 Å². The largest absolute Gasteiger partial charge is 0.399 e. The summed E-state index contributed by atoms with van der Waals surface area (Å²) in [5.41, 5.74) is 18.3. The third-order valence-electron chi connectivity index (χ3n) is 9.25. The molecule has 0 aliphatic heterocycles. The average molecular weight is 475 g/mol. The van der Waals surface area contributed by atoms with Crippen molar-refractivity contribution in [1.29, 1.82) is 0 Å². The second kappa shape index (κ2) is 13.4. The molecule has 0 spiro atoms. The fourth-order valence-electron chi connectivity index (χ4n) is 7.11. The van der Waals surface area contributed by atoms with Crippen LogP contribution in [0.4, 0.5) is 11.4 Å². The van der Waals surface area contributed by atoms with E-state index in [-0.39, 0.29) is 0 Å². The minimum atomic E-state index is 0.650. The third kappa shape index (κ3) is 7.76. The number of hydrogen-bond donors (Lipinski definition) is 2. The topological polar surface area (TPSA) is 52.0 Å². The molecule has 0 aromatic heterocycles. The van der Waals surface area contributed by atoms with E-state index in [2.05, 4.69) is 37.3 Å². The van der Waals surface area contributed by atoms with Crippen molar-refractivity contribution in [2.45, 2.75) is 116 Å². The second-order valence-electron chi connectivity index (χ2n) is 11.8. The van der Waals surface area contributed by atoms with Crippen LogP contribution in [-0.4, -0.2) is 0 Å². The van der Waals surface area contributed by atoms with Gasteiger partial charge >= 0.3 is 0 Å². The maximum absolute atomic E-state index is 6.58. The quantitative estimate of drug-likeness (QED) is 0.252. The first-order valence-electron chi connectivity index (χ1n) is 14.8. The van der Waals surface area contributed by atoms with E-state index in [9.17, 15) is 0 Å². The summed E-state index contributed by atoms with van der Waals surface area (Å²) in [5, 5.41) is 0. The van der Waals surface area contributed by atoms with Gasteiger partial charge in [0, 0.05) is 11.4 Å². The Morgan fingerprint density at radius 3 is 2.03 bits per heavy atom. The van der Waals surface area contributed by atoms with Crippen LogP contribution in [0.3, 0.4) is 0 Å². The van der Waals surface area contributed by atoms with Crippen molar-refractivity contribution in [3.8, 4) is 0 Å². The molecule has 0 saturated heterocycles. The van der Waals surface area contributed by atoms with Crippen molar-refractivity contribution < 1.29 is 0 Å². The van der Waals surface area contributed by atoms with Gasteiger partial charge in [0.05, 0.1) is 0 Å². The van der Waals surface area contributed by atoms with Gasteiger partial charge in [0.1, 0.15) is 0 Å². The molecule has 4 N–H and O–H groups in total. The van der Waals surface area contributed by atoms with Crippen LogP contribution < -0.4 is 11.5 Å². The van der Waals surface area contributed by atoms with Gasteiger partial charge in [-0.15, -0.1) is 0 Å². The van der Waals surface area contributed by atoms with Crippen LogP contribution in [0.1, 0.15) is 126 Å². The first-order chi connectivity index (χ1) is 17.1. The molecule has 2 aliphatic carbocycles. The summed E-state index contributed by atoms with van der Waals surface area (Å²) in [7, 11) is 0. The standard InChI is InChI=1S/C33H50N2/c1-2-3-4-5-6-7-9-25-12-15-28(16-13-25)29-17-19-30(20-18-29)32-21-14-27(24-33(32)35)22-26-10-8-11-31(34)23-26/h8,10-11,14,21,23-25,28-30H,2-7,9,12-13,15-20,22,34-35H2,1H3. The Bertz CT molecular complexity index is 888. The summed E-state index contributed by atoms with van der Waals surface area (Å²) < 4.78 is 0. The Hall–Kier alpha value is -1.96. The highest BCUT2D eigenvalue weighted by Gasteiger charge is 2.31. The molecule has 192 valence electrons. The van der Waals surface area contributed by atoms with Gasteiger partial charge in [0.2, 0.25) is 0 Å². The normalized spacial score (nSPS) is 24.9. The number of anilines is 2. The highest BCUT2D eigenvalue weighted by molar-refractivity contribution is 5.52. The lowest BCUT2D eigenvalue weighted by Crippen LogP contribution is -2.25. The lowest BCUT2D eigenvalue weighted by Gasteiger charge is -2.38. The minimum absolute atomic E-state index is 0.650. The molecule has 2 aromatic carbocycles. The van der Waals surface area contributed by atoms with Crippen LogP contribution in [0.25, 0.3) is 0 Å². The smallest absolute Gasteiger partial charge is 0.0352 e. The Balaban J connectivity index is 1.18. The maximum atomic E-state index is 6.58. The number of nitrogens with two attached hydrogens (primary N) is 2. The number of benzene rings is 2. The summed E-state index contributed by atoms with van der Waals surface area (Å²) in [6, 6.07) is 15.0. The fourth-order valence-corrected chi connectivity index (χ4v) is 7.11. The number of unbranched alkanes of at least 4 members (excludes halogenated alkanes) is 5. The zero-order chi connectivity index (χ0) is 24.5. The molecule has 2 fully saturated rings. The Morgan fingerprint density at radius 1 is 0.686 bits per heavy atom. The molecule has 0 unspecified atom stereocenters. The van der Waals surface area contributed by atoms with Crippen LogP contribution in [-0.2, 0) is 6.42 Å². The lowest BCUT2D eigenvalue weighted by atomic mass is 9.68. The van der Waals surface area contributed by atoms with E-state index in [4.69, 9.17) is 11.5 Å². The van der Waals surface area contributed by atoms with Gasteiger partial charge in [-0.2, -0.15) is 0 Å². The molecule has 2 saturated carbocycles. The summed E-state index contributed by atoms with van der Waals surface area (Å²) in [6.07, 6.45) is 22.5. The van der Waals surface area contributed by atoms with Gasteiger partial charge in [-0.3, -0.25) is 0 Å². The Morgan fingerprint density at radius 2 is 1.34 bits per heavy atom. The van der Waals surface area contributed by atoms with E-state index in [1.54, 1.807) is 0 Å². The van der Waals surface area contributed by atoms with Crippen molar-refractivity contribution >= 4 is 11.4 Å². The van der Waals surface area contributed by atoms with E-state index < -0.39 is 0 Å². The van der Waals surface area contributed by atoms with Crippen LogP contribution >= 0.6 is 0 Å². The summed E-state index contributed by atoms with van der Waals surface area (Å²) in [6.45, 7) is 2.31. The van der Waals surface area contributed by atoms with Gasteiger partial charge in [-0.1, -0.05) is 89.0 Å². The molecule has 0 amide bonds. The van der Waals surface area contributed by atoms with Crippen molar-refractivity contribution in [1.82, 2.24) is 0 Å². The van der Waals surface area contributed by atoms with Crippen LogP contribution in [0, 0.1) is 17.8 Å². The number of nitrogen functional groups attached to an aromatic ring is 2. The Labute approximate surface area is 215 Å². The van der Waals surface area contributed by atoms with Gasteiger partial charge in [-0.05, 0) is 104 Å². The van der Waals surface area contributed by atoms with E-state index in [0.717, 1.165) is 35.5 Å². The van der Waals surface area contributed by atoms with Crippen molar-refractivity contribution in [2.75, 3.05) is 11.5 Å². The monoisotopic (exact) mass is 474 g/mol. The first kappa shape index (κ1) is 26.1. The molecular formula is C33H50N2. The third-order valence-corrected chi connectivity index (χ3v) is 9.25. The number of rotatable bonds is 11. The molecule has 2 heteroatoms. The minimum Gasteiger partial charge on any atom is -0.399 e. The van der Waals surface area contributed by atoms with Crippen molar-refractivity contribution in [2.24, 2.45) is 17.8 Å². The molecule has 2 aliphatic rings. The van der Waals surface area contributed by atoms with Crippen molar-refractivity contribution in [3.05, 3.63) is 59.2 Å². The van der Waals surface area contributed by atoms with Crippen LogP contribution in [0.5, 0.6) is 0 Å². The van der Waals surface area contributed by atoms with Gasteiger partial charge in [-0.25, -0.2) is 0 Å². The van der Waals surface area contributed by atoms with E-state index in [1.165, 1.54) is 113 Å². The van der Waals surface area contributed by atoms with Crippen molar-refractivity contribution in [3.63, 3.8) is 0 Å². The highest BCUT2D eigenvalue weighted by Crippen LogP contribution is 2.45. The van der Waals surface area contributed by atoms with E-state index >= 15 is 0 Å². The molecule has 0 atom stereocenters. The highest BCUT2D eigenvalue weighted by atomic mass is 14.6. The van der Waals surface area contributed by atoms with Gasteiger partial charge < -0.3 is 11.5 Å². The van der Waals surface area contributed by atoms with E-state index in [1.807, 2.05) is 12.1 Å². The molecule has 2 aromatic rings. The predicted molar refractivity (Wildman–Crippen MR) is 153 cm³/mol. The summed E-state index contributed by atoms with van der Waals surface area (Å²) >= 11 is 0.